The molecule has 1 fully saturated rings. The first-order chi connectivity index (χ1) is 18.9. The number of hydrogen-bond donors (Lipinski definition) is 2. The smallest absolute Gasteiger partial charge is 0.480 e. The van der Waals surface area contributed by atoms with E-state index in [1.165, 1.54) is 12.1 Å². The predicted molar refractivity (Wildman–Crippen MR) is 148 cm³/mol. The predicted octanol–water partition coefficient (Wildman–Crippen LogP) is 5.60. The Morgan fingerprint density at radius 1 is 0.900 bits per heavy atom. The van der Waals surface area contributed by atoms with Crippen LogP contribution in [0.3, 0.4) is 0 Å². The number of aliphatic carboxylic acids is 1. The summed E-state index contributed by atoms with van der Waals surface area (Å²) in [6, 6.07) is 3.14. The van der Waals surface area contributed by atoms with Crippen LogP contribution in [0.1, 0.15) is 98.0 Å². The van der Waals surface area contributed by atoms with Gasteiger partial charge in [0, 0.05) is 11.8 Å². The van der Waals surface area contributed by atoms with Crippen LogP contribution in [0.15, 0.2) is 18.2 Å². The van der Waals surface area contributed by atoms with Crippen molar-refractivity contribution < 1.29 is 43.2 Å². The van der Waals surface area contributed by atoms with Crippen LogP contribution in [-0.2, 0) is 23.9 Å². The molecule has 40 heavy (non-hydrogen) atoms. The Hall–Kier alpha value is -3.14. The van der Waals surface area contributed by atoms with Crippen LogP contribution >= 0.6 is 0 Å². The zero-order valence-corrected chi connectivity index (χ0v) is 24.5. The average Bonchev–Trinajstić information content (AvgIpc) is 2.93. The number of benzene rings is 1. The third kappa shape index (κ3) is 9.21. The van der Waals surface area contributed by atoms with Crippen LogP contribution in [0.4, 0.5) is 4.79 Å². The van der Waals surface area contributed by atoms with Gasteiger partial charge in [-0.2, -0.15) is 0 Å². The first-order valence-electron chi connectivity index (χ1n) is 14.3. The monoisotopic (exact) mass is 563 g/mol. The van der Waals surface area contributed by atoms with Gasteiger partial charge in [-0.05, 0) is 63.1 Å². The standard InChI is InChI=1S/C30H45NO9/c1-7-17(3)28(34)39-23-15-14-21(16-24(23)40-29(35)18(4)8-2)25(26(31)27(32)33)19(5)20(6)37-30(36)38-22-12-10-9-11-13-22/h14-20,22,25-26H,7-13,31H2,1-6H3,(H,32,33)/t17?,18?,19?,20?,25?,26-/m0/s1. The van der Waals surface area contributed by atoms with Gasteiger partial charge in [0.05, 0.1) is 11.8 Å². The molecular weight excluding hydrogens is 518 g/mol. The molecule has 10 heteroatoms. The molecule has 0 amide bonds. The van der Waals surface area contributed by atoms with Crippen molar-refractivity contribution in [2.75, 3.05) is 0 Å². The summed E-state index contributed by atoms with van der Waals surface area (Å²) in [4.78, 5) is 49.7. The molecule has 1 aromatic carbocycles. The Kier molecular flexibility index (Phi) is 12.9. The van der Waals surface area contributed by atoms with Crippen molar-refractivity contribution >= 4 is 24.1 Å². The highest BCUT2D eigenvalue weighted by Crippen LogP contribution is 2.38. The van der Waals surface area contributed by atoms with Crippen LogP contribution in [0.2, 0.25) is 0 Å². The summed E-state index contributed by atoms with van der Waals surface area (Å²) in [5.41, 5.74) is 6.57. The molecule has 5 unspecified atom stereocenters. The third-order valence-corrected chi connectivity index (χ3v) is 7.88. The minimum Gasteiger partial charge on any atom is -0.480 e. The van der Waals surface area contributed by atoms with E-state index in [-0.39, 0.29) is 23.5 Å². The number of carboxylic acid groups (broad SMARTS) is 1. The highest BCUT2D eigenvalue weighted by Gasteiger charge is 2.36. The zero-order chi connectivity index (χ0) is 30.0. The van der Waals surface area contributed by atoms with Crippen LogP contribution in [0, 0.1) is 17.8 Å². The maximum atomic E-state index is 12.7. The topological polar surface area (TPSA) is 151 Å². The fourth-order valence-electron chi connectivity index (χ4n) is 4.54. The first-order valence-corrected chi connectivity index (χ1v) is 14.3. The Morgan fingerprint density at radius 3 is 1.98 bits per heavy atom. The van der Waals surface area contributed by atoms with Gasteiger partial charge in [0.25, 0.3) is 0 Å². The Balaban J connectivity index is 2.38. The zero-order valence-electron chi connectivity index (χ0n) is 24.5. The van der Waals surface area contributed by atoms with E-state index < -0.39 is 54.0 Å². The van der Waals surface area contributed by atoms with E-state index in [9.17, 15) is 24.3 Å². The van der Waals surface area contributed by atoms with Crippen molar-refractivity contribution in [1.82, 2.24) is 0 Å². The van der Waals surface area contributed by atoms with Crippen LogP contribution in [-0.4, -0.2) is 47.4 Å². The number of rotatable bonds is 13. The lowest BCUT2D eigenvalue weighted by Crippen LogP contribution is -2.43. The number of nitrogens with two attached hydrogens (primary N) is 1. The molecule has 0 heterocycles. The van der Waals surface area contributed by atoms with Gasteiger partial charge in [-0.25, -0.2) is 4.79 Å². The third-order valence-electron chi connectivity index (χ3n) is 7.88. The Morgan fingerprint density at radius 2 is 1.45 bits per heavy atom. The average molecular weight is 564 g/mol. The van der Waals surface area contributed by atoms with Gasteiger partial charge in [-0.1, -0.05) is 47.1 Å². The second kappa shape index (κ2) is 15.6. The van der Waals surface area contributed by atoms with Gasteiger partial charge < -0.3 is 29.8 Å². The molecule has 0 radical (unpaired) electrons. The number of ether oxygens (including phenoxy) is 4. The number of esters is 2. The molecule has 0 aromatic heterocycles. The highest BCUT2D eigenvalue weighted by molar-refractivity contribution is 5.79. The van der Waals surface area contributed by atoms with Crippen molar-refractivity contribution in [3.05, 3.63) is 23.8 Å². The molecule has 0 aliphatic heterocycles. The van der Waals surface area contributed by atoms with E-state index >= 15 is 0 Å². The summed E-state index contributed by atoms with van der Waals surface area (Å²) in [5, 5.41) is 9.81. The molecule has 1 aliphatic rings. The van der Waals surface area contributed by atoms with Gasteiger partial charge in [0.1, 0.15) is 18.2 Å². The summed E-state index contributed by atoms with van der Waals surface area (Å²) in [7, 11) is 0. The lowest BCUT2D eigenvalue weighted by atomic mass is 9.79. The number of hydrogen-bond acceptors (Lipinski definition) is 9. The lowest BCUT2D eigenvalue weighted by molar-refractivity contribution is -0.141. The fourth-order valence-corrected chi connectivity index (χ4v) is 4.54. The summed E-state index contributed by atoms with van der Waals surface area (Å²) < 4.78 is 22.2. The summed E-state index contributed by atoms with van der Waals surface area (Å²) in [6.45, 7) is 10.5. The molecule has 1 aromatic rings. The fraction of sp³-hybridized carbons (Fsp3) is 0.667. The molecule has 2 rings (SSSR count). The number of carboxylic acids is 1. The van der Waals surface area contributed by atoms with E-state index in [2.05, 4.69) is 0 Å². The van der Waals surface area contributed by atoms with Crippen molar-refractivity contribution in [1.29, 1.82) is 0 Å². The van der Waals surface area contributed by atoms with E-state index in [1.54, 1.807) is 33.8 Å². The van der Waals surface area contributed by atoms with Crippen LogP contribution in [0.25, 0.3) is 0 Å². The minimum atomic E-state index is -1.37. The Labute approximate surface area is 236 Å². The van der Waals surface area contributed by atoms with Gasteiger partial charge in [0.15, 0.2) is 11.5 Å². The van der Waals surface area contributed by atoms with Crippen molar-refractivity contribution in [3.8, 4) is 11.5 Å². The summed E-state index contributed by atoms with van der Waals surface area (Å²) >= 11 is 0. The van der Waals surface area contributed by atoms with E-state index in [0.717, 1.165) is 32.1 Å². The molecule has 10 nitrogen and oxygen atoms in total. The second-order valence-electron chi connectivity index (χ2n) is 10.9. The summed E-state index contributed by atoms with van der Waals surface area (Å²) in [6.07, 6.45) is 4.04. The van der Waals surface area contributed by atoms with Gasteiger partial charge >= 0.3 is 24.1 Å². The maximum Gasteiger partial charge on any atom is 0.508 e. The van der Waals surface area contributed by atoms with Crippen LogP contribution < -0.4 is 15.2 Å². The molecule has 0 spiro atoms. The largest absolute Gasteiger partial charge is 0.508 e. The molecule has 0 saturated heterocycles. The highest BCUT2D eigenvalue weighted by atomic mass is 16.7. The maximum absolute atomic E-state index is 12.7. The molecule has 6 atom stereocenters. The quantitative estimate of drug-likeness (QED) is 0.229. The molecular formula is C30H45NO9. The lowest BCUT2D eigenvalue weighted by Gasteiger charge is -2.32. The van der Waals surface area contributed by atoms with Crippen molar-refractivity contribution in [2.45, 2.75) is 111 Å². The first kappa shape index (κ1) is 33.1. The van der Waals surface area contributed by atoms with E-state index in [1.807, 2.05) is 13.8 Å². The molecule has 0 bridgehead atoms. The van der Waals surface area contributed by atoms with E-state index in [4.69, 9.17) is 24.7 Å². The molecule has 1 aliphatic carbocycles. The molecule has 3 N–H and O–H groups in total. The second-order valence-corrected chi connectivity index (χ2v) is 10.9. The van der Waals surface area contributed by atoms with Crippen LogP contribution in [0.5, 0.6) is 11.5 Å². The minimum absolute atomic E-state index is 0.0143. The van der Waals surface area contributed by atoms with E-state index in [0.29, 0.717) is 18.4 Å². The Bertz CT molecular complexity index is 1020. The van der Waals surface area contributed by atoms with Crippen molar-refractivity contribution in [2.24, 2.45) is 23.5 Å². The molecule has 1 saturated carbocycles. The van der Waals surface area contributed by atoms with Gasteiger partial charge in [-0.3, -0.25) is 14.4 Å². The summed E-state index contributed by atoms with van der Waals surface area (Å²) in [5.74, 6) is -4.44. The van der Waals surface area contributed by atoms with Gasteiger partial charge in [0.2, 0.25) is 0 Å². The normalized spacial score (nSPS) is 18.4. The SMILES string of the molecule is CCC(C)C(=O)Oc1ccc(C(C(C)C(C)OC(=O)OC2CCCCC2)[C@H](N)C(=O)O)cc1OC(=O)C(C)CC. The molecule has 224 valence electrons. The van der Waals surface area contributed by atoms with Crippen molar-refractivity contribution in [3.63, 3.8) is 0 Å². The van der Waals surface area contributed by atoms with Gasteiger partial charge in [-0.15, -0.1) is 0 Å². The number of carbonyl (C=O) groups is 4. The number of carbonyl (C=O) groups excluding carboxylic acids is 3.